The number of carbonyl (C=O) groups is 2. The predicted molar refractivity (Wildman–Crippen MR) is 180 cm³/mol. The number of amides is 1. The molecule has 0 aliphatic carbocycles. The maximum atomic E-state index is 14.0. The highest BCUT2D eigenvalue weighted by Gasteiger charge is 2.26. The minimum atomic E-state index is -1.07. The standard InChI is InChI=1S/C34H31N9O6/c1-2-48-31(45)27-26-28(43(40-27)24-10-7-9-21(18-24)29-38-39-32(35)49-29)30(44)42(34(47)37-26)33(46)36-23-14-12-20(13-15-23)25-11-4-3-8-22(25)19-41-16-5-6-17-41/h3-4,7-15,18H,2,5-6,16-17,19H2,1H3,(H2,35,39)(H,36,46)(H,37,47). The first-order valence-corrected chi connectivity index (χ1v) is 15.7. The number of rotatable bonds is 8. The molecule has 6 aromatic rings. The number of nitrogens with one attached hydrogen (secondary N) is 2. The fourth-order valence-corrected chi connectivity index (χ4v) is 5.96. The molecule has 0 atom stereocenters. The highest BCUT2D eigenvalue weighted by atomic mass is 16.5. The van der Waals surface area contributed by atoms with Crippen molar-refractivity contribution in [3.05, 3.63) is 105 Å². The van der Waals surface area contributed by atoms with E-state index in [-0.39, 0.29) is 40.9 Å². The Labute approximate surface area is 277 Å². The van der Waals surface area contributed by atoms with E-state index in [2.05, 4.69) is 42.6 Å². The normalized spacial score (nSPS) is 13.2. The van der Waals surface area contributed by atoms with Crippen LogP contribution in [0.15, 0.2) is 86.8 Å². The van der Waals surface area contributed by atoms with Crippen molar-refractivity contribution in [3.63, 3.8) is 0 Å². The van der Waals surface area contributed by atoms with Crippen LogP contribution in [-0.2, 0) is 11.3 Å². The highest BCUT2D eigenvalue weighted by Crippen LogP contribution is 2.28. The maximum Gasteiger partial charge on any atom is 0.361 e. The zero-order valence-corrected chi connectivity index (χ0v) is 26.4. The first kappa shape index (κ1) is 31.3. The summed E-state index contributed by atoms with van der Waals surface area (Å²) in [7, 11) is 0. The lowest BCUT2D eigenvalue weighted by Crippen LogP contribution is -2.42. The van der Waals surface area contributed by atoms with E-state index in [4.69, 9.17) is 14.9 Å². The Balaban J connectivity index is 1.23. The minimum absolute atomic E-state index is 0.0216. The van der Waals surface area contributed by atoms with Gasteiger partial charge in [0.2, 0.25) is 5.89 Å². The largest absolute Gasteiger partial charge is 0.461 e. The number of nitrogens with two attached hydrogens (primary N) is 1. The van der Waals surface area contributed by atoms with Gasteiger partial charge in [0.1, 0.15) is 5.52 Å². The van der Waals surface area contributed by atoms with Crippen LogP contribution in [0, 0.1) is 0 Å². The lowest BCUT2D eigenvalue weighted by atomic mass is 9.99. The van der Waals surface area contributed by atoms with Crippen molar-refractivity contribution in [2.24, 2.45) is 0 Å². The lowest BCUT2D eigenvalue weighted by molar-refractivity contribution is 0.0521. The van der Waals surface area contributed by atoms with Crippen LogP contribution in [0.25, 0.3) is 39.3 Å². The molecule has 49 heavy (non-hydrogen) atoms. The van der Waals surface area contributed by atoms with E-state index in [0.29, 0.717) is 15.8 Å². The summed E-state index contributed by atoms with van der Waals surface area (Å²) in [5.41, 5.74) is 7.09. The van der Waals surface area contributed by atoms with Gasteiger partial charge < -0.3 is 25.2 Å². The van der Waals surface area contributed by atoms with Crippen LogP contribution in [0.3, 0.4) is 0 Å². The fourth-order valence-electron chi connectivity index (χ4n) is 5.96. The molecule has 1 saturated heterocycles. The van der Waals surface area contributed by atoms with Crippen LogP contribution in [-0.4, -0.2) is 66.1 Å². The molecule has 248 valence electrons. The summed E-state index contributed by atoms with van der Waals surface area (Å²) in [4.78, 5) is 58.5. The second kappa shape index (κ2) is 13.0. The van der Waals surface area contributed by atoms with Gasteiger partial charge in [-0.2, -0.15) is 9.67 Å². The smallest absolute Gasteiger partial charge is 0.361 e. The van der Waals surface area contributed by atoms with Crippen LogP contribution in [0.4, 0.5) is 16.5 Å². The molecule has 1 fully saturated rings. The van der Waals surface area contributed by atoms with Gasteiger partial charge in [0, 0.05) is 17.8 Å². The molecule has 0 bridgehead atoms. The van der Waals surface area contributed by atoms with Gasteiger partial charge in [-0.05, 0) is 79.9 Å². The molecule has 15 heteroatoms. The molecule has 1 aliphatic rings. The molecule has 4 N–H and O–H groups in total. The predicted octanol–water partition coefficient (Wildman–Crippen LogP) is 4.03. The van der Waals surface area contributed by atoms with Crippen LogP contribution in [0.1, 0.15) is 35.8 Å². The Morgan fingerprint density at radius 1 is 0.980 bits per heavy atom. The van der Waals surface area contributed by atoms with Crippen molar-refractivity contribution < 1.29 is 18.7 Å². The van der Waals surface area contributed by atoms with Gasteiger partial charge in [-0.15, -0.1) is 5.10 Å². The number of esters is 1. The number of hydrogen-bond donors (Lipinski definition) is 3. The number of fused-ring (bicyclic) bond motifs is 1. The van der Waals surface area contributed by atoms with Gasteiger partial charge in [0.05, 0.1) is 12.3 Å². The fraction of sp³-hybridized carbons (Fsp3) is 0.206. The molecule has 1 amide bonds. The lowest BCUT2D eigenvalue weighted by Gasteiger charge is -2.18. The average Bonchev–Trinajstić information content (AvgIpc) is 3.86. The number of anilines is 2. The Morgan fingerprint density at radius 3 is 2.49 bits per heavy atom. The number of nitrogen functional groups attached to an aromatic ring is 1. The van der Waals surface area contributed by atoms with E-state index in [9.17, 15) is 19.2 Å². The highest BCUT2D eigenvalue weighted by molar-refractivity contribution is 6.01. The number of aromatic nitrogens is 6. The van der Waals surface area contributed by atoms with Gasteiger partial charge in [-0.1, -0.05) is 47.6 Å². The molecule has 0 unspecified atom stereocenters. The summed E-state index contributed by atoms with van der Waals surface area (Å²) in [6.07, 6.45) is 2.41. The Hall–Kier alpha value is -6.35. The van der Waals surface area contributed by atoms with Crippen molar-refractivity contribution in [2.75, 3.05) is 30.7 Å². The second-order valence-electron chi connectivity index (χ2n) is 11.4. The third kappa shape index (κ3) is 6.09. The summed E-state index contributed by atoms with van der Waals surface area (Å²) in [5, 5.41) is 14.5. The summed E-state index contributed by atoms with van der Waals surface area (Å²) in [6, 6.07) is 20.7. The summed E-state index contributed by atoms with van der Waals surface area (Å²) in [6.45, 7) is 4.64. The average molecular weight is 662 g/mol. The molecule has 0 spiro atoms. The van der Waals surface area contributed by atoms with Crippen molar-refractivity contribution in [1.82, 2.24) is 34.4 Å². The van der Waals surface area contributed by atoms with E-state index in [0.717, 1.165) is 35.4 Å². The van der Waals surface area contributed by atoms with Gasteiger partial charge >= 0.3 is 23.7 Å². The number of aromatic amines is 1. The number of carbonyl (C=O) groups excluding carboxylic acids is 2. The van der Waals surface area contributed by atoms with Crippen LogP contribution < -0.4 is 22.3 Å². The molecule has 4 heterocycles. The molecular formula is C34H31N9O6. The maximum absolute atomic E-state index is 14.0. The van der Waals surface area contributed by atoms with E-state index >= 15 is 0 Å². The van der Waals surface area contributed by atoms with E-state index < -0.39 is 23.2 Å². The van der Waals surface area contributed by atoms with Crippen molar-refractivity contribution in [3.8, 4) is 28.3 Å². The van der Waals surface area contributed by atoms with Crippen molar-refractivity contribution in [1.29, 1.82) is 0 Å². The first-order valence-electron chi connectivity index (χ1n) is 15.7. The topological polar surface area (TPSA) is 196 Å². The number of H-pyrrole nitrogens is 1. The quantitative estimate of drug-likeness (QED) is 0.199. The van der Waals surface area contributed by atoms with Gasteiger partial charge in [0.15, 0.2) is 11.2 Å². The van der Waals surface area contributed by atoms with Crippen molar-refractivity contribution >= 4 is 34.7 Å². The van der Waals surface area contributed by atoms with Gasteiger partial charge in [-0.3, -0.25) is 9.69 Å². The van der Waals surface area contributed by atoms with E-state index in [1.54, 1.807) is 43.3 Å². The van der Waals surface area contributed by atoms with E-state index in [1.165, 1.54) is 18.4 Å². The van der Waals surface area contributed by atoms with Crippen LogP contribution in [0.2, 0.25) is 0 Å². The zero-order valence-electron chi connectivity index (χ0n) is 26.4. The number of likely N-dealkylation sites (tertiary alicyclic amines) is 1. The number of benzene rings is 3. The van der Waals surface area contributed by atoms with Gasteiger partial charge in [-0.25, -0.2) is 19.1 Å². The van der Waals surface area contributed by atoms with Crippen LogP contribution >= 0.6 is 0 Å². The first-order chi connectivity index (χ1) is 23.8. The summed E-state index contributed by atoms with van der Waals surface area (Å²) >= 11 is 0. The monoisotopic (exact) mass is 661 g/mol. The molecule has 3 aromatic heterocycles. The number of hydrogen-bond acceptors (Lipinski definition) is 11. The third-order valence-corrected chi connectivity index (χ3v) is 8.23. The Morgan fingerprint density at radius 2 is 1.76 bits per heavy atom. The SMILES string of the molecule is CCOC(=O)c1nn(-c2cccc(-c3nnc(N)o3)c2)c2c(=O)n(C(=O)Nc3ccc(-c4ccccc4CN4CCCC4)cc3)c(=O)[nH]c12. The number of nitrogens with zero attached hydrogens (tertiary/aromatic N) is 6. The Bertz CT molecular complexity index is 2310. The minimum Gasteiger partial charge on any atom is -0.461 e. The summed E-state index contributed by atoms with van der Waals surface area (Å²) in [5.74, 6) is -0.765. The molecule has 3 aromatic carbocycles. The third-order valence-electron chi connectivity index (χ3n) is 8.23. The molecule has 7 rings (SSSR count). The van der Waals surface area contributed by atoms with E-state index in [1.807, 2.05) is 24.3 Å². The van der Waals surface area contributed by atoms with Crippen molar-refractivity contribution in [2.45, 2.75) is 26.3 Å². The number of ether oxygens (including phenoxy) is 1. The molecule has 0 radical (unpaired) electrons. The molecule has 0 saturated carbocycles. The molecule has 1 aliphatic heterocycles. The molecular weight excluding hydrogens is 630 g/mol. The second-order valence-corrected chi connectivity index (χ2v) is 11.4. The molecule has 15 nitrogen and oxygen atoms in total. The zero-order chi connectivity index (χ0) is 34.1. The summed E-state index contributed by atoms with van der Waals surface area (Å²) < 4.78 is 12.0. The van der Waals surface area contributed by atoms with Crippen LogP contribution in [0.5, 0.6) is 0 Å². The van der Waals surface area contributed by atoms with Gasteiger partial charge in [0.25, 0.3) is 5.56 Å². The Kier molecular flexibility index (Phi) is 8.32.